The molecule has 0 spiro atoms. The van der Waals surface area contributed by atoms with Crippen LogP contribution in [0.15, 0.2) is 17.9 Å². The van der Waals surface area contributed by atoms with Gasteiger partial charge in [0.05, 0.1) is 18.9 Å². The third-order valence-corrected chi connectivity index (χ3v) is 4.62. The first-order valence-electron chi connectivity index (χ1n) is 6.83. The van der Waals surface area contributed by atoms with Crippen molar-refractivity contribution in [2.45, 2.75) is 46.1 Å². The Kier molecular flexibility index (Phi) is 4.84. The van der Waals surface area contributed by atoms with Crippen LogP contribution < -0.4 is 5.32 Å². The molecule has 3 heteroatoms. The van der Waals surface area contributed by atoms with E-state index in [1.54, 1.807) is 0 Å². The molecule has 1 N–H and O–H groups in total. The minimum Gasteiger partial charge on any atom is -0.501 e. The third kappa shape index (κ3) is 3.15. The molecular weight excluding hydrogens is 242 g/mol. The summed E-state index contributed by atoms with van der Waals surface area (Å²) in [5.41, 5.74) is 2.80. The van der Waals surface area contributed by atoms with Crippen molar-refractivity contribution in [3.05, 3.63) is 33.2 Å². The van der Waals surface area contributed by atoms with E-state index >= 15 is 0 Å². The summed E-state index contributed by atoms with van der Waals surface area (Å²) in [5, 5.41) is 3.66. The molecule has 0 aromatic carbocycles. The molecule has 0 saturated carbocycles. The molecule has 1 unspecified atom stereocenters. The number of nitrogens with one attached hydrogen (secondary N) is 1. The van der Waals surface area contributed by atoms with E-state index in [1.807, 2.05) is 17.6 Å². The van der Waals surface area contributed by atoms with Gasteiger partial charge in [0.1, 0.15) is 0 Å². The first-order chi connectivity index (χ1) is 8.72. The Bertz CT molecular complexity index is 403. The number of hydrogen-bond acceptors (Lipinski definition) is 3. The van der Waals surface area contributed by atoms with Crippen molar-refractivity contribution in [3.63, 3.8) is 0 Å². The lowest BCUT2D eigenvalue weighted by atomic mass is 10.00. The van der Waals surface area contributed by atoms with Gasteiger partial charge in [0.2, 0.25) is 0 Å². The fraction of sp³-hybridized carbons (Fsp3) is 0.600. The highest BCUT2D eigenvalue weighted by Crippen LogP contribution is 2.33. The number of thiophene rings is 1. The molecule has 18 heavy (non-hydrogen) atoms. The molecule has 0 fully saturated rings. The van der Waals surface area contributed by atoms with E-state index in [0.717, 1.165) is 32.4 Å². The summed E-state index contributed by atoms with van der Waals surface area (Å²) >= 11 is 1.91. The fourth-order valence-electron chi connectivity index (χ4n) is 2.24. The summed E-state index contributed by atoms with van der Waals surface area (Å²) in [6, 6.07) is 2.67. The lowest BCUT2D eigenvalue weighted by molar-refractivity contribution is 0.219. The molecule has 1 aromatic heterocycles. The van der Waals surface area contributed by atoms with E-state index in [2.05, 4.69) is 32.2 Å². The number of rotatable bonds is 5. The molecule has 2 heterocycles. The van der Waals surface area contributed by atoms with Crippen molar-refractivity contribution in [1.29, 1.82) is 0 Å². The van der Waals surface area contributed by atoms with Gasteiger partial charge in [0.15, 0.2) is 0 Å². The Morgan fingerprint density at radius 3 is 2.83 bits per heavy atom. The zero-order chi connectivity index (χ0) is 13.0. The number of hydrogen-bond donors (Lipinski definition) is 1. The van der Waals surface area contributed by atoms with Gasteiger partial charge in [0.25, 0.3) is 0 Å². The van der Waals surface area contributed by atoms with Crippen molar-refractivity contribution in [1.82, 2.24) is 5.32 Å². The van der Waals surface area contributed by atoms with Crippen molar-refractivity contribution >= 4 is 11.3 Å². The lowest BCUT2D eigenvalue weighted by Crippen LogP contribution is -2.24. The zero-order valence-corrected chi connectivity index (χ0v) is 12.4. The average molecular weight is 265 g/mol. The quantitative estimate of drug-likeness (QED) is 0.865. The summed E-state index contributed by atoms with van der Waals surface area (Å²) in [6.45, 7) is 8.52. The van der Waals surface area contributed by atoms with Crippen LogP contribution in [0.25, 0.3) is 0 Å². The van der Waals surface area contributed by atoms with Gasteiger partial charge in [-0.2, -0.15) is 0 Å². The summed E-state index contributed by atoms with van der Waals surface area (Å²) in [4.78, 5) is 2.85. The van der Waals surface area contributed by atoms with E-state index in [1.165, 1.54) is 20.9 Å². The van der Waals surface area contributed by atoms with E-state index in [-0.39, 0.29) is 0 Å². The van der Waals surface area contributed by atoms with Gasteiger partial charge in [0, 0.05) is 9.75 Å². The molecule has 0 bridgehead atoms. The fourth-order valence-corrected chi connectivity index (χ4v) is 3.41. The minimum atomic E-state index is 0.350. The minimum absolute atomic E-state index is 0.350. The lowest BCUT2D eigenvalue weighted by Gasteiger charge is -2.23. The summed E-state index contributed by atoms with van der Waals surface area (Å²) in [5.74, 6) is 0. The van der Waals surface area contributed by atoms with Gasteiger partial charge in [-0.15, -0.1) is 11.3 Å². The van der Waals surface area contributed by atoms with Gasteiger partial charge in [-0.25, -0.2) is 0 Å². The Balaban J connectivity index is 2.20. The van der Waals surface area contributed by atoms with Crippen LogP contribution in [-0.2, 0) is 4.74 Å². The topological polar surface area (TPSA) is 21.3 Å². The van der Waals surface area contributed by atoms with Crippen LogP contribution in [0.4, 0.5) is 0 Å². The second kappa shape index (κ2) is 6.39. The van der Waals surface area contributed by atoms with Crippen LogP contribution in [0, 0.1) is 13.8 Å². The maximum Gasteiger partial charge on any atom is 0.0876 e. The molecule has 0 saturated heterocycles. The van der Waals surface area contributed by atoms with Crippen LogP contribution in [0.2, 0.25) is 0 Å². The zero-order valence-electron chi connectivity index (χ0n) is 11.6. The Hall–Kier alpha value is -0.800. The second-order valence-electron chi connectivity index (χ2n) is 4.94. The van der Waals surface area contributed by atoms with Crippen LogP contribution in [-0.4, -0.2) is 13.2 Å². The predicted octanol–water partition coefficient (Wildman–Crippen LogP) is 4.10. The highest BCUT2D eigenvalue weighted by Gasteiger charge is 2.20. The molecule has 1 aromatic rings. The molecule has 1 aliphatic heterocycles. The highest BCUT2D eigenvalue weighted by atomic mass is 32.1. The van der Waals surface area contributed by atoms with Gasteiger partial charge in [-0.1, -0.05) is 6.92 Å². The summed E-state index contributed by atoms with van der Waals surface area (Å²) in [7, 11) is 0. The Morgan fingerprint density at radius 1 is 1.44 bits per heavy atom. The van der Waals surface area contributed by atoms with Crippen molar-refractivity contribution in [2.75, 3.05) is 13.2 Å². The SMILES string of the molecule is CCCNC(C1=COCCC1)c1cc(C)c(C)s1. The standard InChI is InChI=1S/C15H23NOS/c1-4-7-16-15(13-6-5-8-17-10-13)14-9-11(2)12(3)18-14/h9-10,15-16H,4-8H2,1-3H3. The number of ether oxygens (including phenoxy) is 1. The summed E-state index contributed by atoms with van der Waals surface area (Å²) < 4.78 is 5.50. The molecule has 0 amide bonds. The monoisotopic (exact) mass is 265 g/mol. The van der Waals surface area contributed by atoms with Gasteiger partial charge >= 0.3 is 0 Å². The molecule has 2 nitrogen and oxygen atoms in total. The van der Waals surface area contributed by atoms with Crippen molar-refractivity contribution < 1.29 is 4.74 Å². The molecule has 100 valence electrons. The molecule has 0 aliphatic carbocycles. The van der Waals surface area contributed by atoms with Crippen LogP contribution in [0.3, 0.4) is 0 Å². The van der Waals surface area contributed by atoms with E-state index in [9.17, 15) is 0 Å². The maximum absolute atomic E-state index is 5.50. The molecule has 1 aliphatic rings. The Labute approximate surface area is 114 Å². The maximum atomic E-state index is 5.50. The average Bonchev–Trinajstić information content (AvgIpc) is 2.71. The first kappa shape index (κ1) is 13.6. The molecule has 0 radical (unpaired) electrons. The van der Waals surface area contributed by atoms with E-state index in [0.29, 0.717) is 6.04 Å². The van der Waals surface area contributed by atoms with E-state index in [4.69, 9.17) is 4.74 Å². The van der Waals surface area contributed by atoms with Crippen LogP contribution in [0.1, 0.15) is 47.5 Å². The second-order valence-corrected chi connectivity index (χ2v) is 6.23. The van der Waals surface area contributed by atoms with Gasteiger partial charge in [-0.3, -0.25) is 0 Å². The van der Waals surface area contributed by atoms with Gasteiger partial charge in [-0.05, 0) is 56.9 Å². The van der Waals surface area contributed by atoms with Gasteiger partial charge < -0.3 is 10.1 Å². The van der Waals surface area contributed by atoms with Crippen molar-refractivity contribution in [3.8, 4) is 0 Å². The van der Waals surface area contributed by atoms with Crippen LogP contribution in [0.5, 0.6) is 0 Å². The highest BCUT2D eigenvalue weighted by molar-refractivity contribution is 7.12. The largest absolute Gasteiger partial charge is 0.501 e. The smallest absolute Gasteiger partial charge is 0.0876 e. The predicted molar refractivity (Wildman–Crippen MR) is 78.1 cm³/mol. The van der Waals surface area contributed by atoms with Crippen LogP contribution >= 0.6 is 11.3 Å². The molecular formula is C15H23NOS. The third-order valence-electron chi connectivity index (χ3n) is 3.40. The summed E-state index contributed by atoms with van der Waals surface area (Å²) in [6.07, 6.45) is 5.42. The van der Waals surface area contributed by atoms with Crippen molar-refractivity contribution in [2.24, 2.45) is 0 Å². The first-order valence-corrected chi connectivity index (χ1v) is 7.65. The Morgan fingerprint density at radius 2 is 2.28 bits per heavy atom. The normalized spacial score (nSPS) is 17.2. The van der Waals surface area contributed by atoms with E-state index < -0.39 is 0 Å². The number of aryl methyl sites for hydroxylation is 2. The molecule has 2 rings (SSSR count). The molecule has 1 atom stereocenters.